The lowest BCUT2D eigenvalue weighted by atomic mass is 10.1. The Morgan fingerprint density at radius 2 is 1.80 bits per heavy atom. The van der Waals surface area contributed by atoms with Gasteiger partial charge in [-0.3, -0.25) is 0 Å². The van der Waals surface area contributed by atoms with Crippen LogP contribution in [0.3, 0.4) is 0 Å². The highest BCUT2D eigenvalue weighted by atomic mass is 19.1. The molecule has 5 heteroatoms. The van der Waals surface area contributed by atoms with E-state index < -0.39 is 12.2 Å². The minimum Gasteiger partial charge on any atom is -0.490 e. The number of benzene rings is 2. The first kappa shape index (κ1) is 17.5. The van der Waals surface area contributed by atoms with Crippen LogP contribution in [0.5, 0.6) is 5.75 Å². The van der Waals surface area contributed by atoms with Gasteiger partial charge >= 0.3 is 0 Å². The van der Waals surface area contributed by atoms with Crippen molar-refractivity contribution in [3.63, 3.8) is 0 Å². The van der Waals surface area contributed by atoms with Gasteiger partial charge in [0, 0.05) is 11.5 Å². The molecule has 0 saturated carbocycles. The van der Waals surface area contributed by atoms with Crippen molar-refractivity contribution in [1.29, 1.82) is 0 Å². The predicted molar refractivity (Wildman–Crippen MR) is 92.9 cm³/mol. The van der Waals surface area contributed by atoms with Crippen LogP contribution < -0.4 is 4.74 Å². The molecule has 1 aromatic heterocycles. The van der Waals surface area contributed by atoms with E-state index in [2.05, 4.69) is 0 Å². The molecule has 4 nitrogen and oxygen atoms in total. The maximum Gasteiger partial charge on any atom is 0.145 e. The highest BCUT2D eigenvalue weighted by molar-refractivity contribution is 5.77. The fourth-order valence-corrected chi connectivity index (χ4v) is 2.67. The largest absolute Gasteiger partial charge is 0.490 e. The summed E-state index contributed by atoms with van der Waals surface area (Å²) < 4.78 is 24.2. The van der Waals surface area contributed by atoms with Gasteiger partial charge in [-0.25, -0.2) is 4.39 Å². The molecule has 3 aromatic rings. The standard InChI is InChI=1S/C20H21FO4/c1-2-3-17(22)13-5-8-16(9-6-13)24-12-18(23)20-10-14-4-7-15(21)11-19(14)25-20/h4-11,17-18,22-23H,2-3,12H2,1H3. The van der Waals surface area contributed by atoms with E-state index in [1.54, 1.807) is 24.3 Å². The maximum absolute atomic E-state index is 13.2. The van der Waals surface area contributed by atoms with Gasteiger partial charge in [-0.2, -0.15) is 0 Å². The Balaban J connectivity index is 1.62. The molecule has 2 unspecified atom stereocenters. The average molecular weight is 344 g/mol. The number of ether oxygens (including phenoxy) is 1. The van der Waals surface area contributed by atoms with E-state index in [0.29, 0.717) is 23.5 Å². The van der Waals surface area contributed by atoms with Crippen LogP contribution in [0.2, 0.25) is 0 Å². The van der Waals surface area contributed by atoms with Gasteiger partial charge in [0.15, 0.2) is 0 Å². The number of aliphatic hydroxyl groups excluding tert-OH is 2. The molecule has 0 aliphatic heterocycles. The summed E-state index contributed by atoms with van der Waals surface area (Å²) in [5.41, 5.74) is 1.23. The van der Waals surface area contributed by atoms with Crippen molar-refractivity contribution in [1.82, 2.24) is 0 Å². The number of aliphatic hydroxyl groups is 2. The van der Waals surface area contributed by atoms with E-state index in [9.17, 15) is 14.6 Å². The van der Waals surface area contributed by atoms with Gasteiger partial charge in [0.1, 0.15) is 35.6 Å². The van der Waals surface area contributed by atoms with Crippen LogP contribution in [0.4, 0.5) is 4.39 Å². The lowest BCUT2D eigenvalue weighted by molar-refractivity contribution is 0.0902. The van der Waals surface area contributed by atoms with E-state index in [4.69, 9.17) is 9.15 Å². The van der Waals surface area contributed by atoms with Crippen LogP contribution in [-0.2, 0) is 0 Å². The summed E-state index contributed by atoms with van der Waals surface area (Å²) in [5, 5.41) is 20.9. The Morgan fingerprint density at radius 3 is 2.52 bits per heavy atom. The number of fused-ring (bicyclic) bond motifs is 1. The van der Waals surface area contributed by atoms with Crippen LogP contribution in [0.25, 0.3) is 11.0 Å². The predicted octanol–water partition coefficient (Wildman–Crippen LogP) is 4.52. The molecule has 0 aliphatic carbocycles. The number of halogens is 1. The van der Waals surface area contributed by atoms with Gasteiger partial charge in [-0.05, 0) is 42.3 Å². The van der Waals surface area contributed by atoms with Crippen LogP contribution in [0, 0.1) is 5.82 Å². The van der Waals surface area contributed by atoms with Crippen molar-refractivity contribution in [2.24, 2.45) is 0 Å². The van der Waals surface area contributed by atoms with Crippen molar-refractivity contribution in [2.75, 3.05) is 6.61 Å². The minimum absolute atomic E-state index is 0.0131. The Bertz CT molecular complexity index is 825. The number of hydrogen-bond acceptors (Lipinski definition) is 4. The summed E-state index contributed by atoms with van der Waals surface area (Å²) >= 11 is 0. The third-order valence-electron chi connectivity index (χ3n) is 4.06. The lowest BCUT2D eigenvalue weighted by Crippen LogP contribution is -2.09. The van der Waals surface area contributed by atoms with Crippen molar-refractivity contribution in [2.45, 2.75) is 32.0 Å². The summed E-state index contributed by atoms with van der Waals surface area (Å²) in [4.78, 5) is 0. The Labute approximate surface area is 145 Å². The van der Waals surface area contributed by atoms with Gasteiger partial charge in [-0.15, -0.1) is 0 Å². The van der Waals surface area contributed by atoms with Gasteiger partial charge in [0.25, 0.3) is 0 Å². The van der Waals surface area contributed by atoms with E-state index in [1.807, 2.05) is 19.1 Å². The van der Waals surface area contributed by atoms with Gasteiger partial charge < -0.3 is 19.4 Å². The number of furan rings is 1. The first-order valence-corrected chi connectivity index (χ1v) is 8.34. The molecule has 2 N–H and O–H groups in total. The van der Waals surface area contributed by atoms with E-state index in [1.165, 1.54) is 12.1 Å². The first-order chi connectivity index (χ1) is 12.1. The van der Waals surface area contributed by atoms with Gasteiger partial charge in [0.2, 0.25) is 0 Å². The zero-order valence-corrected chi connectivity index (χ0v) is 14.0. The SMILES string of the molecule is CCCC(O)c1ccc(OCC(O)c2cc3ccc(F)cc3o2)cc1. The average Bonchev–Trinajstić information content (AvgIpc) is 3.03. The summed E-state index contributed by atoms with van der Waals surface area (Å²) in [5.74, 6) is 0.536. The van der Waals surface area contributed by atoms with Crippen molar-refractivity contribution in [3.8, 4) is 5.75 Å². The van der Waals surface area contributed by atoms with Crippen LogP contribution >= 0.6 is 0 Å². The zero-order valence-electron chi connectivity index (χ0n) is 14.0. The summed E-state index contributed by atoms with van der Waals surface area (Å²) in [6.07, 6.45) is 0.194. The fourth-order valence-electron chi connectivity index (χ4n) is 2.67. The van der Waals surface area contributed by atoms with Gasteiger partial charge in [0.05, 0.1) is 6.10 Å². The molecule has 1 heterocycles. The molecular weight excluding hydrogens is 323 g/mol. The van der Waals surface area contributed by atoms with Crippen LogP contribution in [-0.4, -0.2) is 16.8 Å². The molecule has 2 atom stereocenters. The fraction of sp³-hybridized carbons (Fsp3) is 0.300. The van der Waals surface area contributed by atoms with E-state index in [-0.39, 0.29) is 12.4 Å². The number of hydrogen-bond donors (Lipinski definition) is 2. The molecular formula is C20H21FO4. The molecule has 0 bridgehead atoms. The smallest absolute Gasteiger partial charge is 0.145 e. The Morgan fingerprint density at radius 1 is 1.04 bits per heavy atom. The maximum atomic E-state index is 13.2. The quantitative estimate of drug-likeness (QED) is 0.661. The second kappa shape index (κ2) is 7.68. The summed E-state index contributed by atoms with van der Waals surface area (Å²) in [6.45, 7) is 2.04. The molecule has 3 rings (SSSR count). The highest BCUT2D eigenvalue weighted by Crippen LogP contribution is 2.26. The van der Waals surface area contributed by atoms with E-state index in [0.717, 1.165) is 17.4 Å². The minimum atomic E-state index is -0.958. The molecule has 2 aromatic carbocycles. The highest BCUT2D eigenvalue weighted by Gasteiger charge is 2.15. The third kappa shape index (κ3) is 4.18. The summed E-state index contributed by atoms with van der Waals surface area (Å²) in [7, 11) is 0. The topological polar surface area (TPSA) is 62.8 Å². The second-order valence-electron chi connectivity index (χ2n) is 6.03. The third-order valence-corrected chi connectivity index (χ3v) is 4.06. The van der Waals surface area contributed by atoms with Crippen LogP contribution in [0.1, 0.15) is 43.3 Å². The molecule has 0 fully saturated rings. The molecule has 132 valence electrons. The van der Waals surface area contributed by atoms with Crippen LogP contribution in [0.15, 0.2) is 52.9 Å². The Hall–Kier alpha value is -2.37. The zero-order chi connectivity index (χ0) is 17.8. The van der Waals surface area contributed by atoms with Gasteiger partial charge in [-0.1, -0.05) is 25.5 Å². The number of rotatable bonds is 7. The molecule has 0 spiro atoms. The monoisotopic (exact) mass is 344 g/mol. The molecule has 0 aliphatic rings. The van der Waals surface area contributed by atoms with Crippen molar-refractivity contribution >= 4 is 11.0 Å². The Kier molecular flexibility index (Phi) is 5.36. The molecule has 0 amide bonds. The normalized spacial score (nSPS) is 13.8. The molecule has 25 heavy (non-hydrogen) atoms. The van der Waals surface area contributed by atoms with Crippen molar-refractivity contribution in [3.05, 3.63) is 65.7 Å². The van der Waals surface area contributed by atoms with E-state index >= 15 is 0 Å². The molecule has 0 saturated heterocycles. The lowest BCUT2D eigenvalue weighted by Gasteiger charge is -2.12. The summed E-state index contributed by atoms with van der Waals surface area (Å²) in [6, 6.07) is 13.0. The first-order valence-electron chi connectivity index (χ1n) is 8.34. The molecule has 0 radical (unpaired) electrons. The van der Waals surface area contributed by atoms with Crippen molar-refractivity contribution < 1.29 is 23.8 Å². The second-order valence-corrected chi connectivity index (χ2v) is 6.03.